The van der Waals surface area contributed by atoms with Crippen LogP contribution in [0.1, 0.15) is 5.56 Å². The van der Waals surface area contributed by atoms with E-state index in [-0.39, 0.29) is 15.5 Å². The molecule has 0 radical (unpaired) electrons. The number of halogens is 2. The molecule has 0 bridgehead atoms. The summed E-state index contributed by atoms with van der Waals surface area (Å²) in [5.41, 5.74) is -0.194. The molecule has 0 saturated heterocycles. The van der Waals surface area contributed by atoms with Gasteiger partial charge < -0.3 is 0 Å². The molecule has 0 saturated carbocycles. The molecule has 8 heteroatoms. The molecular weight excluding hydrogens is 265 g/mol. The third kappa shape index (κ3) is 2.58. The van der Waals surface area contributed by atoms with Gasteiger partial charge in [0.2, 0.25) is 0 Å². The van der Waals surface area contributed by atoms with Gasteiger partial charge in [-0.3, -0.25) is 10.1 Å². The van der Waals surface area contributed by atoms with Crippen molar-refractivity contribution in [2.45, 2.75) is 11.8 Å². The van der Waals surface area contributed by atoms with Crippen molar-refractivity contribution < 1.29 is 13.3 Å². The van der Waals surface area contributed by atoms with Crippen LogP contribution in [0.3, 0.4) is 0 Å². The lowest BCUT2D eigenvalue weighted by atomic mass is 10.2. The second kappa shape index (κ2) is 3.96. The smallest absolute Gasteiger partial charge is 0.258 e. The quantitative estimate of drug-likeness (QED) is 0.470. The Morgan fingerprint density at radius 1 is 1.40 bits per heavy atom. The van der Waals surface area contributed by atoms with Gasteiger partial charge in [-0.25, -0.2) is 8.42 Å². The van der Waals surface area contributed by atoms with Crippen LogP contribution in [0.2, 0.25) is 5.02 Å². The monoisotopic (exact) mass is 269 g/mol. The van der Waals surface area contributed by atoms with Crippen LogP contribution >= 0.6 is 22.3 Å². The van der Waals surface area contributed by atoms with E-state index in [1.807, 2.05) is 0 Å². The summed E-state index contributed by atoms with van der Waals surface area (Å²) in [5.74, 6) is 0. The zero-order valence-electron chi connectivity index (χ0n) is 7.40. The van der Waals surface area contributed by atoms with Crippen LogP contribution in [-0.4, -0.2) is 13.3 Å². The van der Waals surface area contributed by atoms with Crippen LogP contribution in [0.5, 0.6) is 0 Å². The molecule has 82 valence electrons. The maximum absolute atomic E-state index is 11.0. The van der Waals surface area contributed by atoms with Crippen LogP contribution in [0.25, 0.3) is 0 Å². The summed E-state index contributed by atoms with van der Waals surface area (Å²) in [6, 6.07) is 2.01. The van der Waals surface area contributed by atoms with Gasteiger partial charge in [0.05, 0.1) is 9.82 Å². The van der Waals surface area contributed by atoms with Gasteiger partial charge in [0, 0.05) is 16.7 Å². The van der Waals surface area contributed by atoms with Gasteiger partial charge in [-0.1, -0.05) is 11.6 Å². The molecule has 5 nitrogen and oxygen atoms in total. The van der Waals surface area contributed by atoms with E-state index in [0.717, 1.165) is 6.07 Å². The highest BCUT2D eigenvalue weighted by Gasteiger charge is 2.21. The maximum Gasteiger partial charge on any atom is 0.289 e. The number of rotatable bonds is 2. The third-order valence-electron chi connectivity index (χ3n) is 1.69. The maximum atomic E-state index is 11.0. The number of hydrogen-bond acceptors (Lipinski definition) is 4. The van der Waals surface area contributed by atoms with E-state index in [0.29, 0.717) is 0 Å². The van der Waals surface area contributed by atoms with Gasteiger partial charge in [-0.15, -0.1) is 0 Å². The van der Waals surface area contributed by atoms with Crippen molar-refractivity contribution in [3.63, 3.8) is 0 Å². The number of nitro benzene ring substituents is 1. The van der Waals surface area contributed by atoms with Crippen molar-refractivity contribution >= 4 is 37.0 Å². The Morgan fingerprint density at radius 3 is 2.33 bits per heavy atom. The molecule has 0 heterocycles. The second-order valence-electron chi connectivity index (χ2n) is 2.77. The first-order chi connectivity index (χ1) is 6.73. The highest BCUT2D eigenvalue weighted by molar-refractivity contribution is 8.13. The minimum Gasteiger partial charge on any atom is -0.258 e. The first-order valence-corrected chi connectivity index (χ1v) is 6.31. The molecule has 1 aromatic carbocycles. The van der Waals surface area contributed by atoms with E-state index in [1.165, 1.54) is 13.0 Å². The Balaban J connectivity index is 3.57. The molecule has 0 aliphatic carbocycles. The minimum atomic E-state index is -3.99. The van der Waals surface area contributed by atoms with Crippen LogP contribution in [0.15, 0.2) is 17.0 Å². The number of aryl methyl sites for hydroxylation is 1. The zero-order valence-corrected chi connectivity index (χ0v) is 9.73. The van der Waals surface area contributed by atoms with Crippen molar-refractivity contribution in [1.82, 2.24) is 0 Å². The Hall–Kier alpha value is -0.850. The Bertz CT molecular complexity index is 526. The highest BCUT2D eigenvalue weighted by Crippen LogP contribution is 2.31. The van der Waals surface area contributed by atoms with Crippen molar-refractivity contribution in [1.29, 1.82) is 0 Å². The van der Waals surface area contributed by atoms with E-state index in [4.69, 9.17) is 22.3 Å². The van der Waals surface area contributed by atoms with E-state index in [9.17, 15) is 18.5 Å². The van der Waals surface area contributed by atoms with E-state index in [2.05, 4.69) is 0 Å². The average Bonchev–Trinajstić information content (AvgIpc) is 2.06. The van der Waals surface area contributed by atoms with Gasteiger partial charge in [0.1, 0.15) is 5.02 Å². The number of benzene rings is 1. The summed E-state index contributed by atoms with van der Waals surface area (Å²) in [7, 11) is 1.08. The number of nitrogens with zero attached hydrogens (tertiary/aromatic N) is 1. The molecular formula is C7H5Cl2NO4S. The van der Waals surface area contributed by atoms with Crippen molar-refractivity contribution in [3.05, 3.63) is 32.8 Å². The van der Waals surface area contributed by atoms with Crippen molar-refractivity contribution in [2.24, 2.45) is 0 Å². The molecule has 1 aromatic rings. The summed E-state index contributed by atoms with van der Waals surface area (Å²) in [6.07, 6.45) is 0. The predicted molar refractivity (Wildman–Crippen MR) is 55.9 cm³/mol. The average molecular weight is 270 g/mol. The summed E-state index contributed by atoms with van der Waals surface area (Å²) in [4.78, 5) is 9.44. The van der Waals surface area contributed by atoms with Crippen LogP contribution < -0.4 is 0 Å². The van der Waals surface area contributed by atoms with Crippen molar-refractivity contribution in [3.8, 4) is 0 Å². The van der Waals surface area contributed by atoms with Gasteiger partial charge in [-0.2, -0.15) is 0 Å². The largest absolute Gasteiger partial charge is 0.289 e. The molecule has 0 aliphatic heterocycles. The molecule has 0 atom stereocenters. The highest BCUT2D eigenvalue weighted by atomic mass is 35.7. The third-order valence-corrected chi connectivity index (χ3v) is 3.51. The lowest BCUT2D eigenvalue weighted by Crippen LogP contribution is -1.97. The molecule has 1 rings (SSSR count). The lowest BCUT2D eigenvalue weighted by Gasteiger charge is -2.02. The van der Waals surface area contributed by atoms with Crippen LogP contribution in [-0.2, 0) is 9.05 Å². The lowest BCUT2D eigenvalue weighted by molar-refractivity contribution is -0.385. The van der Waals surface area contributed by atoms with Crippen LogP contribution in [0, 0.1) is 17.0 Å². The number of hydrogen-bond donors (Lipinski definition) is 0. The molecule has 15 heavy (non-hydrogen) atoms. The van der Waals surface area contributed by atoms with Crippen LogP contribution in [0.4, 0.5) is 5.69 Å². The first-order valence-electron chi connectivity index (χ1n) is 3.62. The molecule has 0 fully saturated rings. The number of nitro groups is 1. The van der Waals surface area contributed by atoms with Gasteiger partial charge in [0.15, 0.2) is 0 Å². The van der Waals surface area contributed by atoms with Gasteiger partial charge in [-0.05, 0) is 18.6 Å². The SMILES string of the molecule is Cc1cc(S(=O)(=O)Cl)cc([N+](=O)[O-])c1Cl. The fourth-order valence-corrected chi connectivity index (χ4v) is 2.01. The normalized spacial score (nSPS) is 11.4. The summed E-state index contributed by atoms with van der Waals surface area (Å²) >= 11 is 5.63. The minimum absolute atomic E-state index is 0.0935. The summed E-state index contributed by atoms with van der Waals surface area (Å²) < 4.78 is 21.9. The molecule has 0 aliphatic rings. The fourth-order valence-electron chi connectivity index (χ4n) is 0.992. The Kier molecular flexibility index (Phi) is 3.22. The first kappa shape index (κ1) is 12.2. The van der Waals surface area contributed by atoms with Gasteiger partial charge >= 0.3 is 0 Å². The summed E-state index contributed by atoms with van der Waals surface area (Å²) in [5, 5.41) is 10.4. The summed E-state index contributed by atoms with van der Waals surface area (Å²) in [6.45, 7) is 1.46. The fraction of sp³-hybridized carbons (Fsp3) is 0.143. The predicted octanol–water partition coefficient (Wildman–Crippen LogP) is 2.48. The topological polar surface area (TPSA) is 77.3 Å². The standard InChI is InChI=1S/C7H5Cl2NO4S/c1-4-2-5(15(9,13)14)3-6(7(4)8)10(11)12/h2-3H,1H3. The second-order valence-corrected chi connectivity index (χ2v) is 5.71. The Labute approximate surface area is 95.2 Å². The van der Waals surface area contributed by atoms with E-state index in [1.54, 1.807) is 0 Å². The van der Waals surface area contributed by atoms with Gasteiger partial charge in [0.25, 0.3) is 14.7 Å². The molecule has 0 unspecified atom stereocenters. The van der Waals surface area contributed by atoms with E-state index >= 15 is 0 Å². The molecule has 0 amide bonds. The zero-order chi connectivity index (χ0) is 11.8. The molecule has 0 N–H and O–H groups in total. The van der Waals surface area contributed by atoms with E-state index < -0.39 is 19.7 Å². The van der Waals surface area contributed by atoms with Crippen molar-refractivity contribution in [2.75, 3.05) is 0 Å². The molecule has 0 aromatic heterocycles. The Morgan fingerprint density at radius 2 is 1.93 bits per heavy atom. The molecule has 0 spiro atoms.